The number of β-amino-alcohol motifs (C(OH)–C–C–N with tert-alkyl or cyclic N) is 1. The van der Waals surface area contributed by atoms with Crippen molar-refractivity contribution in [3.63, 3.8) is 0 Å². The number of carbonyl (C=O) groups is 4. The molecule has 242 valence electrons. The van der Waals surface area contributed by atoms with Gasteiger partial charge in [-0.1, -0.05) is 61.2 Å². The summed E-state index contributed by atoms with van der Waals surface area (Å²) in [6.07, 6.45) is 0.488. The average molecular weight is 622 g/mol. The van der Waals surface area contributed by atoms with E-state index in [0.717, 1.165) is 22.3 Å². The Morgan fingerprint density at radius 3 is 2.29 bits per heavy atom. The molecular weight excluding hydrogens is 578 g/mol. The van der Waals surface area contributed by atoms with Gasteiger partial charge in [-0.15, -0.1) is 0 Å². The van der Waals surface area contributed by atoms with E-state index in [1.807, 2.05) is 48.5 Å². The van der Waals surface area contributed by atoms with E-state index in [4.69, 9.17) is 14.2 Å². The van der Waals surface area contributed by atoms with Gasteiger partial charge in [0.2, 0.25) is 5.91 Å². The zero-order valence-electron chi connectivity index (χ0n) is 26.1. The summed E-state index contributed by atoms with van der Waals surface area (Å²) in [4.78, 5) is 52.6. The number of benzene rings is 2. The first-order valence-corrected chi connectivity index (χ1v) is 15.3. The number of nitrogens with zero attached hydrogens (tertiary/aromatic N) is 1. The second-order valence-electron chi connectivity index (χ2n) is 12.3. The predicted octanol–water partition coefficient (Wildman–Crippen LogP) is 4.28. The molecule has 4 rings (SSSR count). The van der Waals surface area contributed by atoms with Crippen LogP contribution < -0.4 is 10.6 Å². The molecule has 1 saturated heterocycles. The Balaban J connectivity index is 1.35. The summed E-state index contributed by atoms with van der Waals surface area (Å²) in [5.74, 6) is -1.39. The summed E-state index contributed by atoms with van der Waals surface area (Å²) in [5.41, 5.74) is 3.69. The highest BCUT2D eigenvalue weighted by molar-refractivity contribution is 5.90. The van der Waals surface area contributed by atoms with Crippen LogP contribution >= 0.6 is 0 Å². The first kappa shape index (κ1) is 33.5. The standard InChI is InChI=1S/C34H43N3O8/c1-5-18-43-31(40)28(16-10-11-17-35-32(41)45-34(2,3)4)36-30(39)29-19-22(38)20-37(29)33(42)44-21-27-25-14-8-6-12-23(25)24-13-7-9-15-26(24)27/h5-9,12-15,22,27-29,38H,1,10-11,16-21H2,2-4H3,(H,35,41)(H,36,39)/t22-,28+,29+/m1/s1. The number of fused-ring (bicyclic) bond motifs is 3. The third kappa shape index (κ3) is 8.85. The minimum Gasteiger partial charge on any atom is -0.460 e. The molecule has 0 spiro atoms. The van der Waals surface area contributed by atoms with Crippen LogP contribution in [-0.2, 0) is 23.8 Å². The smallest absolute Gasteiger partial charge is 0.410 e. The summed E-state index contributed by atoms with van der Waals surface area (Å²) in [6.45, 7) is 9.15. The molecule has 2 aliphatic rings. The van der Waals surface area contributed by atoms with Crippen LogP contribution in [-0.4, -0.2) is 84.2 Å². The van der Waals surface area contributed by atoms with Crippen molar-refractivity contribution in [2.75, 3.05) is 26.3 Å². The normalized spacial score (nSPS) is 17.9. The number of rotatable bonds is 12. The first-order valence-electron chi connectivity index (χ1n) is 15.3. The highest BCUT2D eigenvalue weighted by Gasteiger charge is 2.41. The van der Waals surface area contributed by atoms with Crippen LogP contribution in [0.2, 0.25) is 0 Å². The molecular formula is C34H43N3O8. The van der Waals surface area contributed by atoms with Crippen molar-refractivity contribution in [1.29, 1.82) is 0 Å². The second kappa shape index (κ2) is 15.1. The fourth-order valence-corrected chi connectivity index (χ4v) is 5.68. The molecule has 1 aliphatic carbocycles. The average Bonchev–Trinajstić information content (AvgIpc) is 3.55. The first-order chi connectivity index (χ1) is 21.5. The predicted molar refractivity (Wildman–Crippen MR) is 167 cm³/mol. The van der Waals surface area contributed by atoms with Crippen molar-refractivity contribution in [3.05, 3.63) is 72.3 Å². The number of nitrogens with one attached hydrogen (secondary N) is 2. The van der Waals surface area contributed by atoms with Gasteiger partial charge in [-0.3, -0.25) is 9.69 Å². The number of esters is 1. The fourth-order valence-electron chi connectivity index (χ4n) is 5.68. The number of ether oxygens (including phenoxy) is 3. The molecule has 0 saturated carbocycles. The number of carbonyl (C=O) groups excluding carboxylic acids is 4. The van der Waals surface area contributed by atoms with Crippen LogP contribution in [0.15, 0.2) is 61.2 Å². The minimum atomic E-state index is -1.03. The van der Waals surface area contributed by atoms with Crippen LogP contribution in [0, 0.1) is 0 Å². The van der Waals surface area contributed by atoms with E-state index in [9.17, 15) is 24.3 Å². The van der Waals surface area contributed by atoms with Gasteiger partial charge < -0.3 is 30.0 Å². The number of unbranched alkanes of at least 4 members (excludes halogenated alkanes) is 1. The van der Waals surface area contributed by atoms with Crippen molar-refractivity contribution in [3.8, 4) is 11.1 Å². The van der Waals surface area contributed by atoms with E-state index >= 15 is 0 Å². The second-order valence-corrected chi connectivity index (χ2v) is 12.3. The van der Waals surface area contributed by atoms with Crippen molar-refractivity contribution >= 4 is 24.1 Å². The Labute approximate surface area is 263 Å². The van der Waals surface area contributed by atoms with E-state index in [2.05, 4.69) is 17.2 Å². The fraction of sp³-hybridized carbons (Fsp3) is 0.471. The summed E-state index contributed by atoms with van der Waals surface area (Å²) >= 11 is 0. The van der Waals surface area contributed by atoms with Crippen LogP contribution in [0.25, 0.3) is 11.1 Å². The summed E-state index contributed by atoms with van der Waals surface area (Å²) in [6, 6.07) is 13.9. The number of aliphatic hydroxyl groups excluding tert-OH is 1. The van der Waals surface area contributed by atoms with Gasteiger partial charge in [-0.05, 0) is 62.3 Å². The van der Waals surface area contributed by atoms with Crippen molar-refractivity contribution < 1.29 is 38.5 Å². The van der Waals surface area contributed by atoms with E-state index in [1.54, 1.807) is 20.8 Å². The molecule has 0 radical (unpaired) electrons. The van der Waals surface area contributed by atoms with Crippen LogP contribution in [0.3, 0.4) is 0 Å². The Bertz CT molecular complexity index is 1340. The number of alkyl carbamates (subject to hydrolysis) is 1. The molecule has 11 heteroatoms. The molecule has 2 aromatic rings. The summed E-state index contributed by atoms with van der Waals surface area (Å²) in [5, 5.41) is 15.8. The largest absolute Gasteiger partial charge is 0.460 e. The molecule has 0 unspecified atom stereocenters. The van der Waals surface area contributed by atoms with Gasteiger partial charge in [0.15, 0.2) is 0 Å². The monoisotopic (exact) mass is 621 g/mol. The lowest BCUT2D eigenvalue weighted by Crippen LogP contribution is -2.51. The van der Waals surface area contributed by atoms with Crippen molar-refractivity contribution in [2.24, 2.45) is 0 Å². The number of aliphatic hydroxyl groups is 1. The zero-order chi connectivity index (χ0) is 32.6. The Morgan fingerprint density at radius 1 is 1.02 bits per heavy atom. The van der Waals surface area contributed by atoms with Gasteiger partial charge >= 0.3 is 18.2 Å². The Hall–Kier alpha value is -4.38. The molecule has 0 aromatic heterocycles. The van der Waals surface area contributed by atoms with Crippen molar-refractivity contribution in [1.82, 2.24) is 15.5 Å². The molecule has 2 aromatic carbocycles. The topological polar surface area (TPSA) is 143 Å². The number of hydrogen-bond donors (Lipinski definition) is 3. The quantitative estimate of drug-likeness (QED) is 0.138. The van der Waals surface area contributed by atoms with Gasteiger partial charge in [0, 0.05) is 18.9 Å². The van der Waals surface area contributed by atoms with E-state index in [0.29, 0.717) is 19.4 Å². The van der Waals surface area contributed by atoms with Gasteiger partial charge in [0.1, 0.15) is 30.9 Å². The number of amides is 3. The summed E-state index contributed by atoms with van der Waals surface area (Å²) < 4.78 is 16.2. The maximum Gasteiger partial charge on any atom is 0.410 e. The molecule has 1 aliphatic heterocycles. The molecule has 11 nitrogen and oxygen atoms in total. The number of likely N-dealkylation sites (tertiary alicyclic amines) is 1. The minimum absolute atomic E-state index is 0.00423. The van der Waals surface area contributed by atoms with Crippen LogP contribution in [0.4, 0.5) is 9.59 Å². The van der Waals surface area contributed by atoms with E-state index < -0.39 is 47.9 Å². The lowest BCUT2D eigenvalue weighted by molar-refractivity contribution is -0.147. The number of hydrogen-bond acceptors (Lipinski definition) is 8. The maximum absolute atomic E-state index is 13.4. The zero-order valence-corrected chi connectivity index (χ0v) is 26.1. The van der Waals surface area contributed by atoms with Gasteiger partial charge in [-0.2, -0.15) is 0 Å². The third-order valence-corrected chi connectivity index (χ3v) is 7.68. The molecule has 3 amide bonds. The van der Waals surface area contributed by atoms with Crippen LogP contribution in [0.1, 0.15) is 63.5 Å². The van der Waals surface area contributed by atoms with Gasteiger partial charge in [0.25, 0.3) is 0 Å². The lowest BCUT2D eigenvalue weighted by atomic mass is 9.98. The molecule has 45 heavy (non-hydrogen) atoms. The van der Waals surface area contributed by atoms with Gasteiger partial charge in [-0.25, -0.2) is 14.4 Å². The lowest BCUT2D eigenvalue weighted by Gasteiger charge is -2.26. The van der Waals surface area contributed by atoms with Crippen LogP contribution in [0.5, 0.6) is 0 Å². The van der Waals surface area contributed by atoms with E-state index in [-0.39, 0.29) is 38.5 Å². The van der Waals surface area contributed by atoms with Crippen molar-refractivity contribution in [2.45, 2.75) is 76.2 Å². The Kier molecular flexibility index (Phi) is 11.2. The SMILES string of the molecule is C=CCOC(=O)[C@H](CCCCNC(=O)OC(C)(C)C)NC(=O)[C@@H]1C[C@@H](O)CN1C(=O)OCC1c2ccccc2-c2ccccc21. The van der Waals surface area contributed by atoms with E-state index in [1.165, 1.54) is 11.0 Å². The molecule has 1 heterocycles. The molecule has 3 N–H and O–H groups in total. The Morgan fingerprint density at radius 2 is 1.67 bits per heavy atom. The van der Waals surface area contributed by atoms with Gasteiger partial charge in [0.05, 0.1) is 12.6 Å². The maximum atomic E-state index is 13.4. The highest BCUT2D eigenvalue weighted by Crippen LogP contribution is 2.44. The molecule has 3 atom stereocenters. The summed E-state index contributed by atoms with van der Waals surface area (Å²) in [7, 11) is 0. The highest BCUT2D eigenvalue weighted by atomic mass is 16.6. The molecule has 1 fully saturated rings. The third-order valence-electron chi connectivity index (χ3n) is 7.68. The molecule has 0 bridgehead atoms.